The summed E-state index contributed by atoms with van der Waals surface area (Å²) < 4.78 is 31.5. The second kappa shape index (κ2) is 4.59. The van der Waals surface area contributed by atoms with E-state index in [1.54, 1.807) is 6.92 Å². The zero-order valence-corrected chi connectivity index (χ0v) is 8.97. The summed E-state index contributed by atoms with van der Waals surface area (Å²) in [5, 5.41) is 0. The molecule has 1 rings (SSSR count). The van der Waals surface area contributed by atoms with Gasteiger partial charge in [0.2, 0.25) is 9.05 Å². The first kappa shape index (κ1) is 11.2. The van der Waals surface area contributed by atoms with Gasteiger partial charge in [0.1, 0.15) is 6.10 Å². The minimum absolute atomic E-state index is 0.0396. The first-order valence-electron chi connectivity index (χ1n) is 4.09. The minimum atomic E-state index is -3.40. The van der Waals surface area contributed by atoms with Gasteiger partial charge < -0.3 is 9.47 Å². The van der Waals surface area contributed by atoms with Crippen LogP contribution in [0.25, 0.3) is 0 Å². The van der Waals surface area contributed by atoms with Crippen molar-refractivity contribution in [2.24, 2.45) is 5.92 Å². The zero-order valence-electron chi connectivity index (χ0n) is 7.40. The van der Waals surface area contributed by atoms with Crippen LogP contribution in [-0.2, 0) is 18.5 Å². The maximum Gasteiger partial charge on any atom is 0.232 e. The highest BCUT2D eigenvalue weighted by molar-refractivity contribution is 8.13. The Morgan fingerprint density at radius 2 is 2.23 bits per heavy atom. The molecule has 0 bridgehead atoms. The maximum absolute atomic E-state index is 10.7. The van der Waals surface area contributed by atoms with E-state index in [4.69, 9.17) is 20.2 Å². The summed E-state index contributed by atoms with van der Waals surface area (Å²) >= 11 is 0. The molecular formula is C7H13ClO4S. The van der Waals surface area contributed by atoms with Gasteiger partial charge >= 0.3 is 0 Å². The van der Waals surface area contributed by atoms with Crippen molar-refractivity contribution in [2.45, 2.75) is 13.0 Å². The molecule has 0 aromatic rings. The van der Waals surface area contributed by atoms with Gasteiger partial charge in [-0.25, -0.2) is 8.42 Å². The average Bonchev–Trinajstić information content (AvgIpc) is 1.78. The van der Waals surface area contributed by atoms with Crippen molar-refractivity contribution in [1.29, 1.82) is 0 Å². The lowest BCUT2D eigenvalue weighted by Crippen LogP contribution is -2.37. The fourth-order valence-corrected chi connectivity index (χ4v) is 2.42. The molecule has 0 radical (unpaired) electrons. The van der Waals surface area contributed by atoms with E-state index in [2.05, 4.69) is 0 Å². The van der Waals surface area contributed by atoms with E-state index in [-0.39, 0.29) is 17.8 Å². The molecule has 0 amide bonds. The van der Waals surface area contributed by atoms with Crippen LogP contribution in [0.4, 0.5) is 0 Å². The predicted molar refractivity (Wildman–Crippen MR) is 49.4 cm³/mol. The van der Waals surface area contributed by atoms with Crippen LogP contribution in [0.5, 0.6) is 0 Å². The summed E-state index contributed by atoms with van der Waals surface area (Å²) in [5.41, 5.74) is 0. The molecule has 0 saturated carbocycles. The number of hydrogen-bond acceptors (Lipinski definition) is 4. The van der Waals surface area contributed by atoms with Crippen LogP contribution in [0.15, 0.2) is 0 Å². The van der Waals surface area contributed by atoms with Gasteiger partial charge in [-0.3, -0.25) is 0 Å². The number of halogens is 1. The largest absolute Gasteiger partial charge is 0.376 e. The number of rotatable bonds is 5. The monoisotopic (exact) mass is 228 g/mol. The van der Waals surface area contributed by atoms with E-state index in [9.17, 15) is 8.42 Å². The third-order valence-corrected chi connectivity index (χ3v) is 3.05. The van der Waals surface area contributed by atoms with Crippen molar-refractivity contribution >= 4 is 19.7 Å². The third kappa shape index (κ3) is 4.81. The Balaban J connectivity index is 2.13. The highest BCUT2D eigenvalue weighted by Crippen LogP contribution is 2.10. The zero-order chi connectivity index (χ0) is 9.90. The van der Waals surface area contributed by atoms with Gasteiger partial charge in [-0.15, -0.1) is 0 Å². The lowest BCUT2D eigenvalue weighted by atomic mass is 10.2. The highest BCUT2D eigenvalue weighted by Gasteiger charge is 2.21. The Kier molecular flexibility index (Phi) is 3.97. The van der Waals surface area contributed by atoms with E-state index < -0.39 is 9.05 Å². The fraction of sp³-hybridized carbons (Fsp3) is 1.00. The van der Waals surface area contributed by atoms with Gasteiger partial charge in [0, 0.05) is 10.7 Å². The summed E-state index contributed by atoms with van der Waals surface area (Å²) in [7, 11) is 1.68. The lowest BCUT2D eigenvalue weighted by Gasteiger charge is -2.27. The second-order valence-electron chi connectivity index (χ2n) is 3.30. The van der Waals surface area contributed by atoms with Crippen molar-refractivity contribution < 1.29 is 17.9 Å². The van der Waals surface area contributed by atoms with Gasteiger partial charge in [-0.2, -0.15) is 0 Å². The van der Waals surface area contributed by atoms with Crippen LogP contribution in [0, 0.1) is 5.92 Å². The molecule has 1 saturated heterocycles. The third-order valence-electron chi connectivity index (χ3n) is 1.71. The van der Waals surface area contributed by atoms with Crippen LogP contribution in [0.1, 0.15) is 6.92 Å². The molecule has 6 heteroatoms. The Hall–Kier alpha value is 0.160. The lowest BCUT2D eigenvalue weighted by molar-refractivity contribution is -0.134. The molecule has 78 valence electrons. The van der Waals surface area contributed by atoms with E-state index in [0.29, 0.717) is 19.8 Å². The second-order valence-corrected chi connectivity index (χ2v) is 6.13. The maximum atomic E-state index is 10.7. The van der Waals surface area contributed by atoms with Gasteiger partial charge in [-0.1, -0.05) is 6.92 Å². The van der Waals surface area contributed by atoms with Gasteiger partial charge in [0.15, 0.2) is 0 Å². The molecule has 1 aliphatic rings. The standard InChI is InChI=1S/C7H13ClO4S/c1-6(5-13(8,9)10)2-12-7-3-11-4-7/h6-7H,2-5H2,1H3. The molecule has 4 nitrogen and oxygen atoms in total. The van der Waals surface area contributed by atoms with E-state index in [0.717, 1.165) is 0 Å². The molecule has 1 heterocycles. The molecular weight excluding hydrogens is 216 g/mol. The normalized spacial score (nSPS) is 21.1. The Morgan fingerprint density at radius 1 is 1.62 bits per heavy atom. The molecule has 13 heavy (non-hydrogen) atoms. The molecule has 1 aliphatic heterocycles. The summed E-state index contributed by atoms with van der Waals surface area (Å²) in [4.78, 5) is 0. The Morgan fingerprint density at radius 3 is 2.62 bits per heavy atom. The van der Waals surface area contributed by atoms with Crippen molar-refractivity contribution in [3.8, 4) is 0 Å². The molecule has 0 spiro atoms. The smallest absolute Gasteiger partial charge is 0.232 e. The fourth-order valence-electron chi connectivity index (χ4n) is 0.999. The van der Waals surface area contributed by atoms with E-state index >= 15 is 0 Å². The molecule has 0 aromatic carbocycles. The molecule has 1 unspecified atom stereocenters. The summed E-state index contributed by atoms with van der Waals surface area (Å²) in [5.74, 6) is -0.106. The van der Waals surface area contributed by atoms with Gasteiger partial charge in [0.05, 0.1) is 25.6 Å². The first-order chi connectivity index (χ1) is 5.97. The average molecular weight is 229 g/mol. The van der Waals surface area contributed by atoms with Crippen molar-refractivity contribution in [2.75, 3.05) is 25.6 Å². The summed E-state index contributed by atoms with van der Waals surface area (Å²) in [6, 6.07) is 0. The SMILES string of the molecule is CC(COC1COC1)CS(=O)(=O)Cl. The Labute approximate surface area is 82.6 Å². The minimum Gasteiger partial charge on any atom is -0.376 e. The Bertz CT molecular complexity index is 247. The summed E-state index contributed by atoms with van der Waals surface area (Å²) in [6.45, 7) is 3.43. The van der Waals surface area contributed by atoms with Crippen LogP contribution < -0.4 is 0 Å². The van der Waals surface area contributed by atoms with E-state index in [1.165, 1.54) is 0 Å². The molecule has 1 fully saturated rings. The number of hydrogen-bond donors (Lipinski definition) is 0. The summed E-state index contributed by atoms with van der Waals surface area (Å²) in [6.07, 6.45) is 0.139. The van der Waals surface area contributed by atoms with Crippen LogP contribution in [0.3, 0.4) is 0 Å². The van der Waals surface area contributed by atoms with Gasteiger partial charge in [-0.05, 0) is 5.92 Å². The van der Waals surface area contributed by atoms with Crippen LogP contribution >= 0.6 is 10.7 Å². The molecule has 1 atom stereocenters. The molecule has 0 aliphatic carbocycles. The highest BCUT2D eigenvalue weighted by atomic mass is 35.7. The predicted octanol–water partition coefficient (Wildman–Crippen LogP) is 0.607. The number of ether oxygens (including phenoxy) is 2. The van der Waals surface area contributed by atoms with Crippen molar-refractivity contribution in [3.63, 3.8) is 0 Å². The quantitative estimate of drug-likeness (QED) is 0.647. The van der Waals surface area contributed by atoms with Gasteiger partial charge in [0.25, 0.3) is 0 Å². The molecule has 0 aromatic heterocycles. The topological polar surface area (TPSA) is 52.6 Å². The molecule has 0 N–H and O–H groups in total. The van der Waals surface area contributed by atoms with E-state index in [1.807, 2.05) is 0 Å². The van der Waals surface area contributed by atoms with Crippen LogP contribution in [-0.4, -0.2) is 40.1 Å². The van der Waals surface area contributed by atoms with Crippen molar-refractivity contribution in [3.05, 3.63) is 0 Å². The first-order valence-corrected chi connectivity index (χ1v) is 6.57. The van der Waals surface area contributed by atoms with Crippen LogP contribution in [0.2, 0.25) is 0 Å². The van der Waals surface area contributed by atoms with Crippen molar-refractivity contribution in [1.82, 2.24) is 0 Å².